The quantitative estimate of drug-likeness (QED) is 0.859. The molecule has 2 rings (SSSR count). The maximum Gasteiger partial charge on any atom is 0.263 e. The first-order valence-corrected chi connectivity index (χ1v) is 6.52. The van der Waals surface area contributed by atoms with E-state index >= 15 is 0 Å². The van der Waals surface area contributed by atoms with Crippen molar-refractivity contribution in [2.45, 2.75) is 19.5 Å². The van der Waals surface area contributed by atoms with Gasteiger partial charge in [0.25, 0.3) is 6.43 Å². The molecule has 3 nitrogen and oxygen atoms in total. The third-order valence-corrected chi connectivity index (χ3v) is 3.10. The van der Waals surface area contributed by atoms with Crippen molar-refractivity contribution < 1.29 is 13.6 Å². The van der Waals surface area contributed by atoms with Crippen LogP contribution in [0.3, 0.4) is 0 Å². The molecule has 110 valence electrons. The minimum atomic E-state index is -2.44. The highest BCUT2D eigenvalue weighted by Gasteiger charge is 2.05. The number of nitrogens with one attached hydrogen (secondary N) is 1. The summed E-state index contributed by atoms with van der Waals surface area (Å²) in [5.74, 6) is -0.459. The third kappa shape index (κ3) is 4.36. The van der Waals surface area contributed by atoms with E-state index in [1.54, 1.807) is 30.3 Å². The molecule has 0 atom stereocenters. The van der Waals surface area contributed by atoms with Crippen molar-refractivity contribution in [3.05, 3.63) is 70.8 Å². The Morgan fingerprint density at radius 2 is 1.71 bits per heavy atom. The molecule has 0 fully saturated rings. The average molecular weight is 290 g/mol. The average Bonchev–Trinajstić information content (AvgIpc) is 2.48. The van der Waals surface area contributed by atoms with E-state index in [0.29, 0.717) is 18.7 Å². The predicted octanol–water partition coefficient (Wildman–Crippen LogP) is 3.01. The molecule has 5 heteroatoms. The molecule has 0 aromatic heterocycles. The molecule has 0 aliphatic carbocycles. The molecular formula is C16H16F2N2O. The Balaban J connectivity index is 1.89. The normalized spacial score (nSPS) is 10.8. The highest BCUT2D eigenvalue weighted by molar-refractivity contribution is 5.92. The zero-order valence-electron chi connectivity index (χ0n) is 11.4. The molecule has 0 saturated heterocycles. The van der Waals surface area contributed by atoms with Crippen molar-refractivity contribution in [2.24, 2.45) is 5.73 Å². The number of nitrogens with two attached hydrogens (primary N) is 1. The van der Waals surface area contributed by atoms with Crippen LogP contribution in [0.5, 0.6) is 0 Å². The van der Waals surface area contributed by atoms with Crippen LogP contribution in [0, 0.1) is 0 Å². The van der Waals surface area contributed by atoms with Crippen LogP contribution in [-0.2, 0) is 13.1 Å². The summed E-state index contributed by atoms with van der Waals surface area (Å²) < 4.78 is 24.8. The molecule has 0 heterocycles. The van der Waals surface area contributed by atoms with Gasteiger partial charge in [0, 0.05) is 24.2 Å². The number of benzene rings is 2. The fourth-order valence-corrected chi connectivity index (χ4v) is 1.97. The number of rotatable bonds is 6. The molecule has 1 amide bonds. The van der Waals surface area contributed by atoms with Gasteiger partial charge >= 0.3 is 0 Å². The lowest BCUT2D eigenvalue weighted by Crippen LogP contribution is -2.15. The van der Waals surface area contributed by atoms with Crippen LogP contribution in [0.2, 0.25) is 0 Å². The Kier molecular flexibility index (Phi) is 5.00. The first-order chi connectivity index (χ1) is 10.1. The fourth-order valence-electron chi connectivity index (χ4n) is 1.97. The largest absolute Gasteiger partial charge is 0.366 e. The molecule has 2 aromatic carbocycles. The number of carbonyl (C=O) groups excluding carboxylic acids is 1. The van der Waals surface area contributed by atoms with Gasteiger partial charge in [-0.25, -0.2) is 8.78 Å². The first-order valence-electron chi connectivity index (χ1n) is 6.52. The Hall–Kier alpha value is -2.27. The number of amides is 1. The summed E-state index contributed by atoms with van der Waals surface area (Å²) in [6.07, 6.45) is -2.44. The van der Waals surface area contributed by atoms with Crippen molar-refractivity contribution in [1.29, 1.82) is 0 Å². The molecule has 21 heavy (non-hydrogen) atoms. The van der Waals surface area contributed by atoms with E-state index in [1.807, 2.05) is 6.07 Å². The first kappa shape index (κ1) is 15.1. The van der Waals surface area contributed by atoms with Crippen LogP contribution < -0.4 is 11.1 Å². The molecule has 0 spiro atoms. The number of hydrogen-bond donors (Lipinski definition) is 2. The van der Waals surface area contributed by atoms with Crippen molar-refractivity contribution in [2.75, 3.05) is 0 Å². The molecule has 0 aliphatic rings. The van der Waals surface area contributed by atoms with E-state index in [9.17, 15) is 13.6 Å². The van der Waals surface area contributed by atoms with Crippen LogP contribution in [0.15, 0.2) is 48.5 Å². The lowest BCUT2D eigenvalue weighted by molar-refractivity contribution is 0.1000. The lowest BCUT2D eigenvalue weighted by atomic mass is 10.1. The van der Waals surface area contributed by atoms with Crippen molar-refractivity contribution >= 4 is 5.91 Å². The Bertz CT molecular complexity index is 612. The predicted molar refractivity (Wildman–Crippen MR) is 76.9 cm³/mol. The van der Waals surface area contributed by atoms with Crippen LogP contribution in [0.4, 0.5) is 8.78 Å². The third-order valence-electron chi connectivity index (χ3n) is 3.10. The monoisotopic (exact) mass is 290 g/mol. The van der Waals surface area contributed by atoms with Gasteiger partial charge in [0.2, 0.25) is 5.91 Å². The number of hydrogen-bond acceptors (Lipinski definition) is 2. The van der Waals surface area contributed by atoms with E-state index in [2.05, 4.69) is 5.32 Å². The summed E-state index contributed by atoms with van der Waals surface area (Å²) in [5, 5.41) is 3.19. The number of alkyl halides is 2. The Morgan fingerprint density at radius 3 is 2.33 bits per heavy atom. The van der Waals surface area contributed by atoms with Gasteiger partial charge in [0.15, 0.2) is 0 Å². The van der Waals surface area contributed by atoms with Crippen LogP contribution in [-0.4, -0.2) is 5.91 Å². The summed E-state index contributed by atoms with van der Waals surface area (Å²) >= 11 is 0. The highest BCUT2D eigenvalue weighted by Crippen LogP contribution is 2.18. The van der Waals surface area contributed by atoms with Crippen molar-refractivity contribution in [3.63, 3.8) is 0 Å². The topological polar surface area (TPSA) is 55.1 Å². The Morgan fingerprint density at radius 1 is 1.05 bits per heavy atom. The van der Waals surface area contributed by atoms with E-state index in [-0.39, 0.29) is 5.56 Å². The van der Waals surface area contributed by atoms with Gasteiger partial charge in [-0.1, -0.05) is 36.4 Å². The number of primary amides is 1. The minimum Gasteiger partial charge on any atom is -0.366 e. The second-order valence-electron chi connectivity index (χ2n) is 4.71. The van der Waals surface area contributed by atoms with Gasteiger partial charge in [-0.3, -0.25) is 4.79 Å². The van der Waals surface area contributed by atoms with Crippen LogP contribution in [0.25, 0.3) is 0 Å². The van der Waals surface area contributed by atoms with Crippen molar-refractivity contribution in [1.82, 2.24) is 5.32 Å². The van der Waals surface area contributed by atoms with Gasteiger partial charge in [-0.05, 0) is 23.3 Å². The molecular weight excluding hydrogens is 274 g/mol. The lowest BCUT2D eigenvalue weighted by Gasteiger charge is -2.07. The van der Waals surface area contributed by atoms with Gasteiger partial charge in [-0.2, -0.15) is 0 Å². The Labute approximate surface area is 121 Å². The highest BCUT2D eigenvalue weighted by atomic mass is 19.3. The van der Waals surface area contributed by atoms with Crippen molar-refractivity contribution in [3.8, 4) is 0 Å². The van der Waals surface area contributed by atoms with E-state index in [0.717, 1.165) is 11.1 Å². The molecule has 0 saturated carbocycles. The zero-order chi connectivity index (χ0) is 15.2. The summed E-state index contributed by atoms with van der Waals surface area (Å²) in [6, 6.07) is 13.3. The van der Waals surface area contributed by atoms with Gasteiger partial charge in [0.1, 0.15) is 0 Å². The molecule has 0 bridgehead atoms. The second-order valence-corrected chi connectivity index (χ2v) is 4.71. The second kappa shape index (κ2) is 6.95. The standard InChI is InChI=1S/C16H16F2N2O/c17-15(18)13-6-4-11(5-7-13)9-20-10-12-2-1-3-14(8-12)16(19)21/h1-8,15,20H,9-10H2,(H2,19,21). The summed E-state index contributed by atoms with van der Waals surface area (Å²) in [6.45, 7) is 1.13. The van der Waals surface area contributed by atoms with E-state index < -0.39 is 12.3 Å². The molecule has 0 unspecified atom stereocenters. The van der Waals surface area contributed by atoms with Gasteiger partial charge in [-0.15, -0.1) is 0 Å². The van der Waals surface area contributed by atoms with E-state index in [4.69, 9.17) is 5.73 Å². The van der Waals surface area contributed by atoms with Crippen LogP contribution in [0.1, 0.15) is 33.5 Å². The summed E-state index contributed by atoms with van der Waals surface area (Å²) in [7, 11) is 0. The molecule has 0 radical (unpaired) electrons. The van der Waals surface area contributed by atoms with Crippen LogP contribution >= 0.6 is 0 Å². The summed E-state index contributed by atoms with van der Waals surface area (Å²) in [5.41, 5.74) is 7.57. The maximum atomic E-state index is 12.4. The fraction of sp³-hybridized carbons (Fsp3) is 0.188. The maximum absolute atomic E-state index is 12.4. The van der Waals surface area contributed by atoms with E-state index in [1.165, 1.54) is 12.1 Å². The molecule has 0 aliphatic heterocycles. The zero-order valence-corrected chi connectivity index (χ0v) is 11.4. The number of carbonyl (C=O) groups is 1. The molecule has 2 aromatic rings. The SMILES string of the molecule is NC(=O)c1cccc(CNCc2ccc(C(F)F)cc2)c1. The minimum absolute atomic E-state index is 0.0212. The smallest absolute Gasteiger partial charge is 0.263 e. The number of halogens is 2. The van der Waals surface area contributed by atoms with Gasteiger partial charge < -0.3 is 11.1 Å². The van der Waals surface area contributed by atoms with Gasteiger partial charge in [0.05, 0.1) is 0 Å². The summed E-state index contributed by atoms with van der Waals surface area (Å²) in [4.78, 5) is 11.1. The molecule has 3 N–H and O–H groups in total.